The molecule has 0 aliphatic rings. The van der Waals surface area contributed by atoms with E-state index in [0.29, 0.717) is 17.8 Å². The molecule has 102 valence electrons. The lowest BCUT2D eigenvalue weighted by Crippen LogP contribution is -2.13. The summed E-state index contributed by atoms with van der Waals surface area (Å²) < 4.78 is 28.5. The molecular weight excluding hydrogens is 288 g/mol. The summed E-state index contributed by atoms with van der Waals surface area (Å²) in [5.74, 6) is 0. The monoisotopic (exact) mass is 300 g/mol. The minimum absolute atomic E-state index is 0.0680. The Labute approximate surface area is 116 Å². The molecule has 0 saturated heterocycles. The van der Waals surface area contributed by atoms with Gasteiger partial charge in [0, 0.05) is 19.4 Å². The molecule has 0 aliphatic heterocycles. The van der Waals surface area contributed by atoms with Gasteiger partial charge in [-0.2, -0.15) is 5.10 Å². The quantitative estimate of drug-likeness (QED) is 0.874. The maximum atomic E-state index is 12.2. The lowest BCUT2D eigenvalue weighted by atomic mass is 10.3. The van der Waals surface area contributed by atoms with E-state index in [1.807, 2.05) is 6.92 Å². The van der Waals surface area contributed by atoms with Crippen LogP contribution in [0.1, 0.15) is 12.6 Å². The second kappa shape index (κ2) is 5.18. The first-order valence-electron chi connectivity index (χ1n) is 5.59. The molecule has 0 spiro atoms. The van der Waals surface area contributed by atoms with Gasteiger partial charge in [0.2, 0.25) is 0 Å². The van der Waals surface area contributed by atoms with Crippen LogP contribution in [0.5, 0.6) is 0 Å². The Morgan fingerprint density at radius 3 is 2.84 bits per heavy atom. The first kappa shape index (κ1) is 13.8. The van der Waals surface area contributed by atoms with E-state index in [2.05, 4.69) is 14.8 Å². The number of aryl methyl sites for hydroxylation is 2. The summed E-state index contributed by atoms with van der Waals surface area (Å²) >= 11 is 5.70. The van der Waals surface area contributed by atoms with Crippen LogP contribution in [-0.4, -0.2) is 23.2 Å². The third-order valence-corrected chi connectivity index (χ3v) is 4.06. The predicted octanol–water partition coefficient (Wildman–Crippen LogP) is 1.83. The molecular formula is C11H13ClN4O2S. The topological polar surface area (TPSA) is 76.9 Å². The molecule has 0 radical (unpaired) electrons. The highest BCUT2D eigenvalue weighted by Gasteiger charge is 2.17. The van der Waals surface area contributed by atoms with Crippen molar-refractivity contribution in [1.29, 1.82) is 0 Å². The summed E-state index contributed by atoms with van der Waals surface area (Å²) in [4.78, 5) is 3.82. The lowest BCUT2D eigenvalue weighted by Gasteiger charge is -2.07. The predicted molar refractivity (Wildman–Crippen MR) is 72.6 cm³/mol. The Kier molecular flexibility index (Phi) is 3.77. The Hall–Kier alpha value is -1.60. The first-order chi connectivity index (χ1) is 8.92. The lowest BCUT2D eigenvalue weighted by molar-refractivity contribution is 0.601. The van der Waals surface area contributed by atoms with E-state index in [-0.39, 0.29) is 10.0 Å². The molecule has 0 unspecified atom stereocenters. The molecule has 19 heavy (non-hydrogen) atoms. The van der Waals surface area contributed by atoms with Crippen LogP contribution >= 0.6 is 11.6 Å². The van der Waals surface area contributed by atoms with Crippen molar-refractivity contribution in [3.05, 3.63) is 35.4 Å². The molecule has 1 N–H and O–H groups in total. The fraction of sp³-hybridized carbons (Fsp3) is 0.273. The normalized spacial score (nSPS) is 11.5. The molecule has 0 bridgehead atoms. The van der Waals surface area contributed by atoms with Crippen LogP contribution in [0.15, 0.2) is 29.4 Å². The van der Waals surface area contributed by atoms with Gasteiger partial charge in [-0.3, -0.25) is 9.40 Å². The maximum absolute atomic E-state index is 12.2. The number of sulfonamides is 1. The zero-order valence-electron chi connectivity index (χ0n) is 10.5. The summed E-state index contributed by atoms with van der Waals surface area (Å²) in [7, 11) is -1.95. The van der Waals surface area contributed by atoms with Gasteiger partial charge in [-0.05, 0) is 18.6 Å². The van der Waals surface area contributed by atoms with Gasteiger partial charge in [-0.1, -0.05) is 18.5 Å². The SMILES string of the molecule is CCc1nn(C)cc1NS(=O)(=O)c1ccnc(Cl)c1. The summed E-state index contributed by atoms with van der Waals surface area (Å²) in [6, 6.07) is 2.68. The van der Waals surface area contributed by atoms with Crippen LogP contribution in [0.4, 0.5) is 5.69 Å². The fourth-order valence-corrected chi connectivity index (χ4v) is 2.96. The number of nitrogens with zero attached hydrogens (tertiary/aromatic N) is 3. The van der Waals surface area contributed by atoms with Crippen molar-refractivity contribution in [2.75, 3.05) is 4.72 Å². The van der Waals surface area contributed by atoms with E-state index >= 15 is 0 Å². The second-order valence-corrected chi connectivity index (χ2v) is 6.01. The van der Waals surface area contributed by atoms with Crippen molar-refractivity contribution >= 4 is 27.3 Å². The maximum Gasteiger partial charge on any atom is 0.262 e. The van der Waals surface area contributed by atoms with Gasteiger partial charge < -0.3 is 0 Å². The van der Waals surface area contributed by atoms with Crippen LogP contribution in [0.3, 0.4) is 0 Å². The van der Waals surface area contributed by atoms with E-state index < -0.39 is 10.0 Å². The third-order valence-electron chi connectivity index (χ3n) is 2.49. The fourth-order valence-electron chi connectivity index (χ4n) is 1.64. The van der Waals surface area contributed by atoms with E-state index in [9.17, 15) is 8.42 Å². The smallest absolute Gasteiger partial charge is 0.262 e. The molecule has 2 heterocycles. The molecule has 2 rings (SSSR count). The van der Waals surface area contributed by atoms with E-state index in [0.717, 1.165) is 0 Å². The Bertz CT molecular complexity index is 696. The van der Waals surface area contributed by atoms with Gasteiger partial charge in [0.25, 0.3) is 10.0 Å². The van der Waals surface area contributed by atoms with Gasteiger partial charge >= 0.3 is 0 Å². The molecule has 2 aromatic heterocycles. The number of anilines is 1. The van der Waals surface area contributed by atoms with Crippen LogP contribution < -0.4 is 4.72 Å². The zero-order chi connectivity index (χ0) is 14.0. The van der Waals surface area contributed by atoms with Crippen molar-refractivity contribution < 1.29 is 8.42 Å². The number of hydrogen-bond donors (Lipinski definition) is 1. The standard InChI is InChI=1S/C11H13ClN4O2S/c1-3-9-10(7-16(2)14-9)15-19(17,18)8-4-5-13-11(12)6-8/h4-7,15H,3H2,1-2H3. The van der Waals surface area contributed by atoms with E-state index in [1.165, 1.54) is 18.3 Å². The largest absolute Gasteiger partial charge is 0.276 e. The molecule has 0 aromatic carbocycles. The van der Waals surface area contributed by atoms with Gasteiger partial charge in [0.05, 0.1) is 16.3 Å². The van der Waals surface area contributed by atoms with Crippen molar-refractivity contribution in [1.82, 2.24) is 14.8 Å². The van der Waals surface area contributed by atoms with Crippen molar-refractivity contribution in [2.45, 2.75) is 18.2 Å². The Morgan fingerprint density at radius 1 is 1.47 bits per heavy atom. The summed E-state index contributed by atoms with van der Waals surface area (Å²) in [5.41, 5.74) is 1.16. The number of pyridine rings is 1. The van der Waals surface area contributed by atoms with Crippen LogP contribution in [0.25, 0.3) is 0 Å². The minimum Gasteiger partial charge on any atom is -0.276 e. The Balaban J connectivity index is 2.36. The van der Waals surface area contributed by atoms with Gasteiger partial charge in [0.1, 0.15) is 5.15 Å². The highest BCUT2D eigenvalue weighted by atomic mass is 35.5. The molecule has 0 fully saturated rings. The highest BCUT2D eigenvalue weighted by Crippen LogP contribution is 2.20. The van der Waals surface area contributed by atoms with Crippen molar-refractivity contribution in [3.8, 4) is 0 Å². The summed E-state index contributed by atoms with van der Waals surface area (Å²) in [6.45, 7) is 1.91. The highest BCUT2D eigenvalue weighted by molar-refractivity contribution is 7.92. The molecule has 6 nitrogen and oxygen atoms in total. The molecule has 2 aromatic rings. The van der Waals surface area contributed by atoms with Crippen molar-refractivity contribution in [2.24, 2.45) is 7.05 Å². The van der Waals surface area contributed by atoms with Crippen LogP contribution in [0.2, 0.25) is 5.15 Å². The molecule has 0 saturated carbocycles. The molecule has 0 amide bonds. The molecule has 0 atom stereocenters. The average molecular weight is 301 g/mol. The van der Waals surface area contributed by atoms with E-state index in [4.69, 9.17) is 11.6 Å². The van der Waals surface area contributed by atoms with Gasteiger partial charge in [-0.25, -0.2) is 13.4 Å². The van der Waals surface area contributed by atoms with Crippen molar-refractivity contribution in [3.63, 3.8) is 0 Å². The first-order valence-corrected chi connectivity index (χ1v) is 7.45. The third kappa shape index (κ3) is 3.05. The number of aromatic nitrogens is 3. The molecule has 8 heteroatoms. The summed E-state index contributed by atoms with van der Waals surface area (Å²) in [5, 5.41) is 4.31. The Morgan fingerprint density at radius 2 is 2.21 bits per heavy atom. The van der Waals surface area contributed by atoms with Gasteiger partial charge in [0.15, 0.2) is 0 Å². The van der Waals surface area contributed by atoms with Crippen LogP contribution in [0, 0.1) is 0 Å². The number of nitrogens with one attached hydrogen (secondary N) is 1. The second-order valence-electron chi connectivity index (χ2n) is 3.94. The minimum atomic E-state index is -3.68. The van der Waals surface area contributed by atoms with Crippen LogP contribution in [-0.2, 0) is 23.5 Å². The number of halogens is 1. The van der Waals surface area contributed by atoms with Gasteiger partial charge in [-0.15, -0.1) is 0 Å². The molecule has 0 aliphatic carbocycles. The average Bonchev–Trinajstić information content (AvgIpc) is 2.68. The zero-order valence-corrected chi connectivity index (χ0v) is 12.0. The number of rotatable bonds is 4. The van der Waals surface area contributed by atoms with E-state index in [1.54, 1.807) is 17.9 Å². The number of hydrogen-bond acceptors (Lipinski definition) is 4. The summed E-state index contributed by atoms with van der Waals surface area (Å²) in [6.07, 6.45) is 3.61.